The number of ether oxygens (including phenoxy) is 2. The van der Waals surface area contributed by atoms with Gasteiger partial charge in [0, 0.05) is 23.9 Å². The fourth-order valence-electron chi connectivity index (χ4n) is 2.32. The van der Waals surface area contributed by atoms with E-state index < -0.39 is 0 Å². The molecule has 0 aliphatic heterocycles. The Labute approximate surface area is 158 Å². The summed E-state index contributed by atoms with van der Waals surface area (Å²) in [6.45, 7) is 1.08. The summed E-state index contributed by atoms with van der Waals surface area (Å²) in [5, 5.41) is 5.56. The first kappa shape index (κ1) is 20.3. The molecule has 2 aromatic carbocycles. The van der Waals surface area contributed by atoms with Gasteiger partial charge in [-0.1, -0.05) is 6.07 Å². The molecule has 0 fully saturated rings. The van der Waals surface area contributed by atoms with Crippen LogP contribution in [0, 0.1) is 0 Å². The first-order valence-electron chi connectivity index (χ1n) is 8.77. The number of carbonyl (C=O) groups excluding carboxylic acids is 2. The van der Waals surface area contributed by atoms with Gasteiger partial charge < -0.3 is 25.8 Å². The van der Waals surface area contributed by atoms with Crippen molar-refractivity contribution in [2.24, 2.45) is 5.73 Å². The summed E-state index contributed by atoms with van der Waals surface area (Å²) in [5.41, 5.74) is 6.59. The fourth-order valence-corrected chi connectivity index (χ4v) is 2.32. The van der Waals surface area contributed by atoms with E-state index >= 15 is 0 Å². The van der Waals surface area contributed by atoms with Gasteiger partial charge in [0.25, 0.3) is 11.8 Å². The number of hydrogen-bond acceptors (Lipinski definition) is 5. The van der Waals surface area contributed by atoms with Gasteiger partial charge in [-0.2, -0.15) is 0 Å². The highest BCUT2D eigenvalue weighted by atomic mass is 16.5. The minimum Gasteiger partial charge on any atom is -0.497 e. The van der Waals surface area contributed by atoms with Crippen LogP contribution in [0.5, 0.6) is 11.5 Å². The van der Waals surface area contributed by atoms with Crippen LogP contribution in [-0.2, 0) is 4.79 Å². The van der Waals surface area contributed by atoms with Crippen molar-refractivity contribution in [3.8, 4) is 11.5 Å². The van der Waals surface area contributed by atoms with Crippen LogP contribution in [0.25, 0.3) is 0 Å². The maximum absolute atomic E-state index is 12.0. The molecule has 4 N–H and O–H groups in total. The molecule has 0 aliphatic carbocycles. The van der Waals surface area contributed by atoms with Crippen molar-refractivity contribution in [3.05, 3.63) is 54.1 Å². The Bertz CT molecular complexity index is 747. The fraction of sp³-hybridized carbons (Fsp3) is 0.300. The summed E-state index contributed by atoms with van der Waals surface area (Å²) in [6, 6.07) is 13.7. The van der Waals surface area contributed by atoms with E-state index in [2.05, 4.69) is 10.6 Å². The van der Waals surface area contributed by atoms with Crippen molar-refractivity contribution in [2.45, 2.75) is 12.8 Å². The van der Waals surface area contributed by atoms with Crippen molar-refractivity contribution >= 4 is 17.5 Å². The highest BCUT2D eigenvalue weighted by Crippen LogP contribution is 2.17. The average molecular weight is 371 g/mol. The van der Waals surface area contributed by atoms with Gasteiger partial charge in [-0.15, -0.1) is 0 Å². The molecular formula is C20H25N3O4. The number of rotatable bonds is 10. The molecular weight excluding hydrogens is 346 g/mol. The SMILES string of the molecule is COc1cccc(NC(=O)COc2ccc(C(=O)NCCCCN)cc2)c1. The molecule has 144 valence electrons. The van der Waals surface area contributed by atoms with E-state index in [-0.39, 0.29) is 18.4 Å². The molecule has 0 aliphatic rings. The molecule has 7 nitrogen and oxygen atoms in total. The number of benzene rings is 2. The second-order valence-electron chi connectivity index (χ2n) is 5.84. The van der Waals surface area contributed by atoms with Gasteiger partial charge in [0.2, 0.25) is 0 Å². The maximum Gasteiger partial charge on any atom is 0.262 e. The first-order chi connectivity index (χ1) is 13.1. The molecule has 0 radical (unpaired) electrons. The minimum atomic E-state index is -0.287. The smallest absolute Gasteiger partial charge is 0.262 e. The summed E-state index contributed by atoms with van der Waals surface area (Å²) in [5.74, 6) is 0.736. The van der Waals surface area contributed by atoms with Crippen LogP contribution >= 0.6 is 0 Å². The molecule has 0 saturated heterocycles. The van der Waals surface area contributed by atoms with E-state index in [1.165, 1.54) is 0 Å². The number of nitrogens with two attached hydrogens (primary N) is 1. The van der Waals surface area contributed by atoms with E-state index in [0.717, 1.165) is 12.8 Å². The number of amides is 2. The Morgan fingerprint density at radius 3 is 2.52 bits per heavy atom. The molecule has 2 rings (SSSR count). The highest BCUT2D eigenvalue weighted by molar-refractivity contribution is 5.94. The zero-order chi connectivity index (χ0) is 19.5. The third-order valence-corrected chi connectivity index (χ3v) is 3.76. The van der Waals surface area contributed by atoms with Crippen LogP contribution in [0.1, 0.15) is 23.2 Å². The van der Waals surface area contributed by atoms with E-state index in [4.69, 9.17) is 15.2 Å². The normalized spacial score (nSPS) is 10.1. The van der Waals surface area contributed by atoms with Crippen molar-refractivity contribution in [1.29, 1.82) is 0 Å². The largest absolute Gasteiger partial charge is 0.497 e. The predicted molar refractivity (Wildman–Crippen MR) is 104 cm³/mol. The van der Waals surface area contributed by atoms with Gasteiger partial charge in [0.15, 0.2) is 6.61 Å². The van der Waals surface area contributed by atoms with Gasteiger partial charge in [0.1, 0.15) is 11.5 Å². The second-order valence-corrected chi connectivity index (χ2v) is 5.84. The molecule has 0 unspecified atom stereocenters. The summed E-state index contributed by atoms with van der Waals surface area (Å²) in [4.78, 5) is 24.0. The molecule has 0 atom stereocenters. The lowest BCUT2D eigenvalue weighted by Crippen LogP contribution is -2.24. The Kier molecular flexibility index (Phi) is 8.12. The van der Waals surface area contributed by atoms with Crippen molar-refractivity contribution in [3.63, 3.8) is 0 Å². The van der Waals surface area contributed by atoms with Gasteiger partial charge in [-0.05, 0) is 55.8 Å². The predicted octanol–water partition coefficient (Wildman–Crippen LogP) is 2.18. The van der Waals surface area contributed by atoms with E-state index in [1.54, 1.807) is 55.6 Å². The molecule has 2 amide bonds. The monoisotopic (exact) mass is 371 g/mol. The van der Waals surface area contributed by atoms with Crippen molar-refractivity contribution in [2.75, 3.05) is 32.1 Å². The minimum absolute atomic E-state index is 0.137. The molecule has 0 saturated carbocycles. The molecule has 27 heavy (non-hydrogen) atoms. The third kappa shape index (κ3) is 6.99. The molecule has 7 heteroatoms. The van der Waals surface area contributed by atoms with E-state index in [9.17, 15) is 9.59 Å². The summed E-state index contributed by atoms with van der Waals surface area (Å²) >= 11 is 0. The lowest BCUT2D eigenvalue weighted by Gasteiger charge is -2.09. The molecule has 0 aromatic heterocycles. The number of anilines is 1. The van der Waals surface area contributed by atoms with Crippen molar-refractivity contribution in [1.82, 2.24) is 5.32 Å². The number of unbranched alkanes of at least 4 members (excludes halogenated alkanes) is 1. The number of carbonyl (C=O) groups is 2. The Balaban J connectivity index is 1.78. The number of methoxy groups -OCH3 is 1. The quantitative estimate of drug-likeness (QED) is 0.556. The van der Waals surface area contributed by atoms with Gasteiger partial charge in [0.05, 0.1) is 7.11 Å². The average Bonchev–Trinajstić information content (AvgIpc) is 2.70. The molecule has 0 bridgehead atoms. The zero-order valence-corrected chi connectivity index (χ0v) is 15.4. The highest BCUT2D eigenvalue weighted by Gasteiger charge is 2.07. The summed E-state index contributed by atoms with van der Waals surface area (Å²) in [6.07, 6.45) is 1.73. The topological polar surface area (TPSA) is 103 Å². The lowest BCUT2D eigenvalue weighted by molar-refractivity contribution is -0.118. The third-order valence-electron chi connectivity index (χ3n) is 3.76. The second kappa shape index (κ2) is 10.8. The van der Waals surface area contributed by atoms with Crippen LogP contribution in [0.3, 0.4) is 0 Å². The van der Waals surface area contributed by atoms with E-state index in [1.807, 2.05) is 0 Å². The molecule has 2 aromatic rings. The number of hydrogen-bond donors (Lipinski definition) is 3. The van der Waals surface area contributed by atoms with Gasteiger partial charge in [-0.25, -0.2) is 0 Å². The Morgan fingerprint density at radius 1 is 1.04 bits per heavy atom. The Hall–Kier alpha value is -3.06. The standard InChI is InChI=1S/C20H25N3O4/c1-26-18-6-4-5-16(13-18)23-19(24)14-27-17-9-7-15(8-10-17)20(25)22-12-3-2-11-21/h4-10,13H,2-3,11-12,14,21H2,1H3,(H,22,25)(H,23,24). The Morgan fingerprint density at radius 2 is 1.81 bits per heavy atom. The van der Waals surface area contributed by atoms with E-state index in [0.29, 0.717) is 35.8 Å². The van der Waals surface area contributed by atoms with Crippen LogP contribution in [0.2, 0.25) is 0 Å². The lowest BCUT2D eigenvalue weighted by atomic mass is 10.2. The summed E-state index contributed by atoms with van der Waals surface area (Å²) in [7, 11) is 1.56. The van der Waals surface area contributed by atoms with Crippen LogP contribution in [0.4, 0.5) is 5.69 Å². The zero-order valence-electron chi connectivity index (χ0n) is 15.4. The van der Waals surface area contributed by atoms with Crippen LogP contribution < -0.4 is 25.8 Å². The van der Waals surface area contributed by atoms with Gasteiger partial charge >= 0.3 is 0 Å². The summed E-state index contributed by atoms with van der Waals surface area (Å²) < 4.78 is 10.6. The van der Waals surface area contributed by atoms with Crippen LogP contribution in [0.15, 0.2) is 48.5 Å². The van der Waals surface area contributed by atoms with Crippen LogP contribution in [-0.4, -0.2) is 38.6 Å². The maximum atomic E-state index is 12.0. The van der Waals surface area contributed by atoms with Gasteiger partial charge in [-0.3, -0.25) is 9.59 Å². The van der Waals surface area contributed by atoms with Crippen molar-refractivity contribution < 1.29 is 19.1 Å². The first-order valence-corrected chi connectivity index (χ1v) is 8.77. The number of nitrogens with one attached hydrogen (secondary N) is 2. The molecule has 0 heterocycles. The molecule has 0 spiro atoms.